The Morgan fingerprint density at radius 2 is 2.22 bits per heavy atom. The highest BCUT2D eigenvalue weighted by Crippen LogP contribution is 2.21. The molecule has 0 atom stereocenters. The van der Waals surface area contributed by atoms with Crippen LogP contribution < -0.4 is 11.3 Å². The van der Waals surface area contributed by atoms with E-state index in [0.717, 1.165) is 15.9 Å². The van der Waals surface area contributed by atoms with Gasteiger partial charge in [0.1, 0.15) is 17.2 Å². The average molecular weight is 267 g/mol. The summed E-state index contributed by atoms with van der Waals surface area (Å²) in [6.45, 7) is 1.24. The number of aryl methyl sites for hydroxylation is 1. The maximum Gasteiger partial charge on any atom is 0.337 e. The molecule has 2 heterocycles. The van der Waals surface area contributed by atoms with Gasteiger partial charge in [-0.2, -0.15) is 0 Å². The number of carboxylic acids is 1. The Morgan fingerprint density at radius 3 is 2.78 bits per heavy atom. The molecule has 1 amide bonds. The number of rotatable bonds is 3. The van der Waals surface area contributed by atoms with Crippen LogP contribution in [0, 0.1) is 6.92 Å². The highest BCUT2D eigenvalue weighted by molar-refractivity contribution is 7.17. The summed E-state index contributed by atoms with van der Waals surface area (Å²) in [7, 11) is 0. The van der Waals surface area contributed by atoms with Crippen molar-refractivity contribution in [3.05, 3.63) is 27.1 Å². The van der Waals surface area contributed by atoms with E-state index >= 15 is 0 Å². The van der Waals surface area contributed by atoms with E-state index in [2.05, 4.69) is 4.98 Å². The Balaban J connectivity index is 2.81. The number of amides is 1. The second-order valence-electron chi connectivity index (χ2n) is 3.65. The normalized spacial score (nSPS) is 10.7. The monoisotopic (exact) mass is 267 g/mol. The lowest BCUT2D eigenvalue weighted by atomic mass is 10.2. The van der Waals surface area contributed by atoms with Crippen molar-refractivity contribution in [3.63, 3.8) is 0 Å². The Labute approximate surface area is 104 Å². The first-order valence-electron chi connectivity index (χ1n) is 4.92. The average Bonchev–Trinajstić information content (AvgIpc) is 2.67. The Kier molecular flexibility index (Phi) is 2.87. The van der Waals surface area contributed by atoms with Gasteiger partial charge >= 0.3 is 5.97 Å². The summed E-state index contributed by atoms with van der Waals surface area (Å²) in [5.41, 5.74) is 4.37. The lowest BCUT2D eigenvalue weighted by molar-refractivity contribution is -0.118. The van der Waals surface area contributed by atoms with Crippen LogP contribution in [-0.4, -0.2) is 26.5 Å². The molecule has 3 N–H and O–H groups in total. The first kappa shape index (κ1) is 12.2. The fourth-order valence-electron chi connectivity index (χ4n) is 1.63. The quantitative estimate of drug-likeness (QED) is 0.809. The molecule has 0 aromatic carbocycles. The van der Waals surface area contributed by atoms with Gasteiger partial charge in [-0.1, -0.05) is 0 Å². The second-order valence-corrected chi connectivity index (χ2v) is 4.51. The minimum absolute atomic E-state index is 0.0133. The van der Waals surface area contributed by atoms with Crippen LogP contribution in [0.15, 0.2) is 10.2 Å². The highest BCUT2D eigenvalue weighted by atomic mass is 32.1. The molecule has 0 saturated heterocycles. The zero-order chi connectivity index (χ0) is 13.4. The zero-order valence-electron chi connectivity index (χ0n) is 9.34. The fourth-order valence-corrected chi connectivity index (χ4v) is 2.57. The number of thiophene rings is 1. The number of nitrogens with zero attached hydrogens (tertiary/aromatic N) is 2. The molecule has 0 aliphatic carbocycles. The molecular weight excluding hydrogens is 258 g/mol. The van der Waals surface area contributed by atoms with Crippen LogP contribution in [0.5, 0.6) is 0 Å². The topological polar surface area (TPSA) is 115 Å². The summed E-state index contributed by atoms with van der Waals surface area (Å²) in [5.74, 6) is -1.56. The van der Waals surface area contributed by atoms with E-state index in [0.29, 0.717) is 10.7 Å². The molecule has 0 aliphatic heterocycles. The van der Waals surface area contributed by atoms with E-state index in [9.17, 15) is 14.4 Å². The first-order chi connectivity index (χ1) is 8.41. The van der Waals surface area contributed by atoms with Crippen molar-refractivity contribution in [2.75, 3.05) is 0 Å². The molecule has 0 fully saturated rings. The van der Waals surface area contributed by atoms with Gasteiger partial charge < -0.3 is 10.8 Å². The number of carbonyl (C=O) groups excluding carboxylic acids is 1. The number of primary amides is 1. The van der Waals surface area contributed by atoms with Crippen molar-refractivity contribution in [1.29, 1.82) is 0 Å². The van der Waals surface area contributed by atoms with Crippen molar-refractivity contribution in [2.24, 2.45) is 5.73 Å². The van der Waals surface area contributed by atoms with E-state index in [4.69, 9.17) is 10.8 Å². The number of fused-ring (bicyclic) bond motifs is 1. The summed E-state index contributed by atoms with van der Waals surface area (Å²) >= 11 is 1.08. The number of carboxylic acid groups (broad SMARTS) is 1. The Bertz CT molecular complexity index is 716. The van der Waals surface area contributed by atoms with E-state index in [1.165, 1.54) is 5.38 Å². The predicted octanol–water partition coefficient (Wildman–Crippen LogP) is -0.0501. The van der Waals surface area contributed by atoms with E-state index in [1.54, 1.807) is 6.92 Å². The van der Waals surface area contributed by atoms with Gasteiger partial charge in [0.05, 0.1) is 10.9 Å². The third-order valence-electron chi connectivity index (χ3n) is 2.43. The SMILES string of the molecule is Cc1nc2scc(C(=O)O)c2c(=O)n1CC(N)=O. The molecule has 2 aromatic rings. The van der Waals surface area contributed by atoms with Crippen LogP contribution in [0.1, 0.15) is 16.2 Å². The molecule has 0 saturated carbocycles. The maximum absolute atomic E-state index is 12.1. The number of hydrogen-bond donors (Lipinski definition) is 2. The number of aromatic carboxylic acids is 1. The molecule has 0 spiro atoms. The predicted molar refractivity (Wildman–Crippen MR) is 64.8 cm³/mol. The van der Waals surface area contributed by atoms with Gasteiger partial charge in [-0.15, -0.1) is 11.3 Å². The van der Waals surface area contributed by atoms with Crippen LogP contribution in [0.25, 0.3) is 10.2 Å². The molecule has 0 bridgehead atoms. The summed E-state index contributed by atoms with van der Waals surface area (Å²) in [6, 6.07) is 0. The van der Waals surface area contributed by atoms with E-state index in [1.807, 2.05) is 0 Å². The standard InChI is InChI=1S/C10H9N3O4S/c1-4-12-8-7(5(3-18-8)10(16)17)9(15)13(4)2-6(11)14/h3H,2H2,1H3,(H2,11,14)(H,16,17). The van der Waals surface area contributed by atoms with Crippen molar-refractivity contribution in [1.82, 2.24) is 9.55 Å². The van der Waals surface area contributed by atoms with Crippen LogP contribution >= 0.6 is 11.3 Å². The summed E-state index contributed by atoms with van der Waals surface area (Å²) in [4.78, 5) is 38.4. The Hall–Kier alpha value is -2.22. The molecule has 94 valence electrons. The van der Waals surface area contributed by atoms with Gasteiger partial charge in [0.2, 0.25) is 5.91 Å². The zero-order valence-corrected chi connectivity index (χ0v) is 10.2. The number of nitrogens with two attached hydrogens (primary N) is 1. The van der Waals surface area contributed by atoms with Gasteiger partial charge in [0.25, 0.3) is 5.56 Å². The van der Waals surface area contributed by atoms with Crippen LogP contribution in [-0.2, 0) is 11.3 Å². The molecule has 2 rings (SSSR count). The highest BCUT2D eigenvalue weighted by Gasteiger charge is 2.18. The molecular formula is C10H9N3O4S. The van der Waals surface area contributed by atoms with E-state index < -0.39 is 17.4 Å². The van der Waals surface area contributed by atoms with Crippen molar-refractivity contribution in [2.45, 2.75) is 13.5 Å². The van der Waals surface area contributed by atoms with Gasteiger partial charge in [-0.25, -0.2) is 9.78 Å². The molecule has 2 aromatic heterocycles. The lowest BCUT2D eigenvalue weighted by Gasteiger charge is -2.06. The second kappa shape index (κ2) is 4.22. The maximum atomic E-state index is 12.1. The summed E-state index contributed by atoms with van der Waals surface area (Å²) in [6.07, 6.45) is 0. The fraction of sp³-hybridized carbons (Fsp3) is 0.200. The van der Waals surface area contributed by atoms with Crippen molar-refractivity contribution >= 4 is 33.4 Å². The van der Waals surface area contributed by atoms with Crippen molar-refractivity contribution < 1.29 is 14.7 Å². The van der Waals surface area contributed by atoms with Gasteiger partial charge in [-0.3, -0.25) is 14.2 Å². The summed E-state index contributed by atoms with van der Waals surface area (Å²) in [5, 5.41) is 10.3. The minimum Gasteiger partial charge on any atom is -0.478 e. The molecule has 0 aliphatic rings. The smallest absolute Gasteiger partial charge is 0.337 e. The Morgan fingerprint density at radius 1 is 1.56 bits per heavy atom. The van der Waals surface area contributed by atoms with Crippen LogP contribution in [0.2, 0.25) is 0 Å². The molecule has 0 unspecified atom stereocenters. The molecule has 0 radical (unpaired) electrons. The third kappa shape index (κ3) is 1.86. The van der Waals surface area contributed by atoms with E-state index in [-0.39, 0.29) is 17.5 Å². The minimum atomic E-state index is -1.20. The molecule has 18 heavy (non-hydrogen) atoms. The number of hydrogen-bond acceptors (Lipinski definition) is 5. The molecule has 8 heteroatoms. The van der Waals surface area contributed by atoms with Crippen molar-refractivity contribution in [3.8, 4) is 0 Å². The molecule has 7 nitrogen and oxygen atoms in total. The third-order valence-corrected chi connectivity index (χ3v) is 3.30. The number of carbonyl (C=O) groups is 2. The van der Waals surface area contributed by atoms with Crippen LogP contribution in [0.3, 0.4) is 0 Å². The van der Waals surface area contributed by atoms with Crippen LogP contribution in [0.4, 0.5) is 0 Å². The number of aromatic nitrogens is 2. The van der Waals surface area contributed by atoms with Gasteiger partial charge in [0, 0.05) is 5.38 Å². The lowest BCUT2D eigenvalue weighted by Crippen LogP contribution is -2.30. The summed E-state index contributed by atoms with van der Waals surface area (Å²) < 4.78 is 1.07. The van der Waals surface area contributed by atoms with Gasteiger partial charge in [-0.05, 0) is 6.92 Å². The largest absolute Gasteiger partial charge is 0.478 e. The first-order valence-corrected chi connectivity index (χ1v) is 5.80. The van der Waals surface area contributed by atoms with Gasteiger partial charge in [0.15, 0.2) is 0 Å².